The van der Waals surface area contributed by atoms with Gasteiger partial charge in [-0.1, -0.05) is 78.7 Å². The van der Waals surface area contributed by atoms with E-state index in [1.165, 1.54) is 12.0 Å². The van der Waals surface area contributed by atoms with Crippen molar-refractivity contribution in [1.82, 2.24) is 10.2 Å². The van der Waals surface area contributed by atoms with Crippen LogP contribution >= 0.6 is 23.2 Å². The highest BCUT2D eigenvalue weighted by atomic mass is 35.5. The molecule has 0 aliphatic carbocycles. The summed E-state index contributed by atoms with van der Waals surface area (Å²) < 4.78 is 32.3. The van der Waals surface area contributed by atoms with Crippen LogP contribution in [-0.4, -0.2) is 57.1 Å². The average molecular weight is 621 g/mol. The molecule has 0 bridgehead atoms. The monoisotopic (exact) mass is 619 g/mol. The number of benzene rings is 3. The Bertz CT molecular complexity index is 1430. The zero-order valence-electron chi connectivity index (χ0n) is 23.5. The molecule has 1 N–H and O–H groups in total. The molecule has 0 unspecified atom stereocenters. The van der Waals surface area contributed by atoms with Crippen molar-refractivity contribution in [2.45, 2.75) is 45.3 Å². The third-order valence-electron chi connectivity index (χ3n) is 6.70. The Labute approximate surface area is 252 Å². The number of nitrogens with zero attached hydrogens (tertiary/aromatic N) is 2. The summed E-state index contributed by atoms with van der Waals surface area (Å²) in [6.45, 7) is 3.12. The summed E-state index contributed by atoms with van der Waals surface area (Å²) in [6, 6.07) is 19.6. The fourth-order valence-corrected chi connectivity index (χ4v) is 5.65. The molecule has 3 aromatic rings. The highest BCUT2D eigenvalue weighted by Gasteiger charge is 2.34. The second kappa shape index (κ2) is 14.6. The molecule has 3 rings (SSSR count). The summed E-state index contributed by atoms with van der Waals surface area (Å²) in [7, 11) is -2.52. The quantitative estimate of drug-likeness (QED) is 0.279. The van der Waals surface area contributed by atoms with Crippen molar-refractivity contribution in [2.24, 2.45) is 0 Å². The smallest absolute Gasteiger partial charge is 0.244 e. The van der Waals surface area contributed by atoms with Gasteiger partial charge in [-0.15, -0.1) is 0 Å². The van der Waals surface area contributed by atoms with Gasteiger partial charge in [-0.25, -0.2) is 8.42 Å². The van der Waals surface area contributed by atoms with Crippen molar-refractivity contribution in [3.8, 4) is 5.75 Å². The minimum absolute atomic E-state index is 0.119. The Morgan fingerprint density at radius 2 is 1.56 bits per heavy atom. The van der Waals surface area contributed by atoms with E-state index in [0.29, 0.717) is 22.0 Å². The first kappa shape index (κ1) is 32.2. The van der Waals surface area contributed by atoms with Crippen LogP contribution in [0.1, 0.15) is 31.4 Å². The van der Waals surface area contributed by atoms with E-state index >= 15 is 0 Å². The Balaban J connectivity index is 2.13. The molecule has 0 radical (unpaired) electrons. The summed E-state index contributed by atoms with van der Waals surface area (Å²) in [5.41, 5.74) is 1.47. The summed E-state index contributed by atoms with van der Waals surface area (Å²) in [4.78, 5) is 29.3. The van der Waals surface area contributed by atoms with Gasteiger partial charge in [-0.2, -0.15) is 0 Å². The predicted molar refractivity (Wildman–Crippen MR) is 164 cm³/mol. The Kier molecular flexibility index (Phi) is 11.5. The van der Waals surface area contributed by atoms with Crippen LogP contribution in [0.3, 0.4) is 0 Å². The van der Waals surface area contributed by atoms with Crippen LogP contribution in [0.25, 0.3) is 0 Å². The molecule has 0 saturated carbocycles. The van der Waals surface area contributed by atoms with E-state index in [-0.39, 0.29) is 36.4 Å². The minimum Gasteiger partial charge on any atom is -0.495 e. The Hall–Kier alpha value is -3.27. The van der Waals surface area contributed by atoms with Gasteiger partial charge in [-0.05, 0) is 43.2 Å². The summed E-state index contributed by atoms with van der Waals surface area (Å²) in [6.07, 6.45) is 1.88. The molecule has 0 aliphatic rings. The molecule has 2 amide bonds. The number of rotatable bonds is 13. The van der Waals surface area contributed by atoms with Crippen molar-refractivity contribution in [2.75, 3.05) is 24.2 Å². The lowest BCUT2D eigenvalue weighted by Gasteiger charge is -2.34. The number of carbonyl (C=O) groups is 2. The Morgan fingerprint density at radius 1 is 0.951 bits per heavy atom. The van der Waals surface area contributed by atoms with E-state index < -0.39 is 28.5 Å². The highest BCUT2D eigenvalue weighted by molar-refractivity contribution is 7.92. The van der Waals surface area contributed by atoms with Crippen molar-refractivity contribution in [3.05, 3.63) is 94.0 Å². The van der Waals surface area contributed by atoms with Gasteiger partial charge in [0, 0.05) is 34.6 Å². The molecule has 0 saturated heterocycles. The number of hydrogen-bond acceptors (Lipinski definition) is 5. The molecule has 0 aliphatic heterocycles. The van der Waals surface area contributed by atoms with E-state index in [1.807, 2.05) is 44.2 Å². The third-order valence-corrected chi connectivity index (χ3v) is 8.53. The van der Waals surface area contributed by atoms with Crippen LogP contribution in [0.2, 0.25) is 10.0 Å². The molecule has 41 heavy (non-hydrogen) atoms. The molecular formula is C30H35Cl2N3O5S. The molecule has 8 nitrogen and oxygen atoms in total. The van der Waals surface area contributed by atoms with Gasteiger partial charge in [0.1, 0.15) is 18.3 Å². The summed E-state index contributed by atoms with van der Waals surface area (Å²) >= 11 is 13.0. The predicted octanol–water partition coefficient (Wildman–Crippen LogP) is 5.32. The zero-order valence-corrected chi connectivity index (χ0v) is 25.8. The maximum absolute atomic E-state index is 14.2. The lowest BCUT2D eigenvalue weighted by Crippen LogP contribution is -2.54. The van der Waals surface area contributed by atoms with E-state index in [0.717, 1.165) is 16.1 Å². The molecule has 2 atom stereocenters. The molecule has 3 aromatic carbocycles. The van der Waals surface area contributed by atoms with E-state index in [1.54, 1.807) is 42.5 Å². The number of ether oxygens (including phenoxy) is 1. The maximum atomic E-state index is 14.2. The lowest BCUT2D eigenvalue weighted by molar-refractivity contribution is -0.140. The number of halogens is 2. The number of methoxy groups -OCH3 is 1. The average Bonchev–Trinajstić information content (AvgIpc) is 2.94. The Morgan fingerprint density at radius 3 is 2.15 bits per heavy atom. The van der Waals surface area contributed by atoms with Crippen molar-refractivity contribution in [1.29, 1.82) is 0 Å². The minimum atomic E-state index is -3.94. The highest BCUT2D eigenvalue weighted by Crippen LogP contribution is 2.31. The first-order chi connectivity index (χ1) is 19.5. The molecular weight excluding hydrogens is 585 g/mol. The number of hydrogen-bond donors (Lipinski definition) is 1. The summed E-state index contributed by atoms with van der Waals surface area (Å²) in [5, 5.41) is 3.62. The number of amides is 2. The number of sulfonamides is 1. The topological polar surface area (TPSA) is 96.0 Å². The molecule has 0 aromatic heterocycles. The number of carbonyl (C=O) groups excluding carboxylic acids is 2. The zero-order chi connectivity index (χ0) is 30.2. The van der Waals surface area contributed by atoms with E-state index in [4.69, 9.17) is 27.9 Å². The second-order valence-electron chi connectivity index (χ2n) is 9.69. The van der Waals surface area contributed by atoms with Crippen LogP contribution < -0.4 is 14.4 Å². The summed E-state index contributed by atoms with van der Waals surface area (Å²) in [5.74, 6) is -0.706. The van der Waals surface area contributed by atoms with Gasteiger partial charge in [0.2, 0.25) is 21.8 Å². The van der Waals surface area contributed by atoms with E-state index in [2.05, 4.69) is 5.32 Å². The second-order valence-corrected chi connectivity index (χ2v) is 12.4. The standard InChI is InChI=1S/C30H35Cl2N3O5S/c1-5-21(2)33-30(37)27(18-22-12-7-6-8-13-22)34(19-23-24(31)14-11-15-25(23)32)29(36)20-35(41(4,38)39)26-16-9-10-17-28(26)40-3/h6-17,21,27H,5,18-20H2,1-4H3,(H,33,37)/t21-,27-/m1/s1. The van der Waals surface area contributed by atoms with Gasteiger partial charge in [0.15, 0.2) is 0 Å². The lowest BCUT2D eigenvalue weighted by atomic mass is 10.0. The number of nitrogens with one attached hydrogen (secondary N) is 1. The van der Waals surface area contributed by atoms with Gasteiger partial charge in [0.05, 0.1) is 19.1 Å². The van der Waals surface area contributed by atoms with Crippen LogP contribution in [0.4, 0.5) is 5.69 Å². The van der Waals surface area contributed by atoms with Crippen molar-refractivity contribution >= 4 is 50.7 Å². The molecule has 0 fully saturated rings. The normalized spacial score (nSPS) is 12.7. The van der Waals surface area contributed by atoms with Crippen LogP contribution in [-0.2, 0) is 32.6 Å². The maximum Gasteiger partial charge on any atom is 0.244 e. The van der Waals surface area contributed by atoms with Crippen LogP contribution in [0, 0.1) is 0 Å². The SMILES string of the molecule is CC[C@@H](C)NC(=O)[C@@H](Cc1ccccc1)N(Cc1c(Cl)cccc1Cl)C(=O)CN(c1ccccc1OC)S(C)(=O)=O. The largest absolute Gasteiger partial charge is 0.495 e. The molecule has 0 heterocycles. The fraction of sp³-hybridized carbons (Fsp3) is 0.333. The van der Waals surface area contributed by atoms with Crippen molar-refractivity contribution < 1.29 is 22.7 Å². The fourth-order valence-electron chi connectivity index (χ4n) is 4.28. The first-order valence-electron chi connectivity index (χ1n) is 13.1. The van der Waals surface area contributed by atoms with Gasteiger partial charge in [0.25, 0.3) is 0 Å². The van der Waals surface area contributed by atoms with E-state index in [9.17, 15) is 18.0 Å². The number of anilines is 1. The van der Waals surface area contributed by atoms with Gasteiger partial charge in [-0.3, -0.25) is 13.9 Å². The van der Waals surface area contributed by atoms with Gasteiger partial charge < -0.3 is 15.0 Å². The van der Waals surface area contributed by atoms with Crippen molar-refractivity contribution in [3.63, 3.8) is 0 Å². The molecule has 11 heteroatoms. The molecule has 220 valence electrons. The first-order valence-corrected chi connectivity index (χ1v) is 15.7. The molecule has 0 spiro atoms. The third kappa shape index (κ3) is 8.61. The van der Waals surface area contributed by atoms with Gasteiger partial charge >= 0.3 is 0 Å². The number of para-hydroxylation sites is 2. The van der Waals surface area contributed by atoms with Crippen LogP contribution in [0.5, 0.6) is 5.75 Å². The van der Waals surface area contributed by atoms with Crippen LogP contribution in [0.15, 0.2) is 72.8 Å².